The van der Waals surface area contributed by atoms with Gasteiger partial charge in [-0.3, -0.25) is 0 Å². The van der Waals surface area contributed by atoms with Gasteiger partial charge in [0.2, 0.25) is 0 Å². The Kier molecular flexibility index (Phi) is 5.42. The molecule has 114 valence electrons. The maximum atomic E-state index is 6.31. The minimum absolute atomic E-state index is 0.0409. The summed E-state index contributed by atoms with van der Waals surface area (Å²) in [5, 5.41) is 5.26. The largest absolute Gasteiger partial charge is 0.312 e. The van der Waals surface area contributed by atoms with Gasteiger partial charge in [0, 0.05) is 22.4 Å². The number of halogens is 1. The summed E-state index contributed by atoms with van der Waals surface area (Å²) in [5.41, 5.74) is 2.24. The fraction of sp³-hybridized carbons (Fsp3) is 0.471. The van der Waals surface area contributed by atoms with E-state index in [0.29, 0.717) is 0 Å². The fourth-order valence-corrected chi connectivity index (χ4v) is 3.75. The number of rotatable bonds is 5. The third kappa shape index (κ3) is 4.06. The van der Waals surface area contributed by atoms with Gasteiger partial charge >= 0.3 is 0 Å². The molecule has 4 heteroatoms. The SMILES string of the molecule is CCCNCc1sc(-c2ccccc2Cl)nc1C(C)(C)C. The first-order valence-corrected chi connectivity index (χ1v) is 8.58. The maximum Gasteiger partial charge on any atom is 0.125 e. The van der Waals surface area contributed by atoms with Gasteiger partial charge in [-0.25, -0.2) is 4.98 Å². The number of benzene rings is 1. The van der Waals surface area contributed by atoms with E-state index >= 15 is 0 Å². The third-order valence-electron chi connectivity index (χ3n) is 3.22. The molecule has 0 spiro atoms. The fourth-order valence-electron chi connectivity index (χ4n) is 2.19. The molecule has 1 heterocycles. The zero-order valence-corrected chi connectivity index (χ0v) is 14.7. The van der Waals surface area contributed by atoms with Crippen LogP contribution < -0.4 is 5.32 Å². The average molecular weight is 323 g/mol. The van der Waals surface area contributed by atoms with E-state index in [9.17, 15) is 0 Å². The second-order valence-electron chi connectivity index (χ2n) is 6.20. The zero-order valence-electron chi connectivity index (χ0n) is 13.2. The van der Waals surface area contributed by atoms with Crippen molar-refractivity contribution < 1.29 is 0 Å². The minimum atomic E-state index is 0.0409. The van der Waals surface area contributed by atoms with E-state index in [1.54, 1.807) is 11.3 Å². The molecule has 1 aromatic heterocycles. The Morgan fingerprint density at radius 2 is 1.95 bits per heavy atom. The standard InChI is InChI=1S/C17H23ClN2S/c1-5-10-19-11-14-15(17(2,3)4)20-16(21-14)12-8-6-7-9-13(12)18/h6-9,19H,5,10-11H2,1-4H3. The molecule has 1 N–H and O–H groups in total. The van der Waals surface area contributed by atoms with Crippen LogP contribution in [0.5, 0.6) is 0 Å². The highest BCUT2D eigenvalue weighted by Crippen LogP contribution is 2.36. The molecule has 2 nitrogen and oxygen atoms in total. The second-order valence-corrected chi connectivity index (χ2v) is 7.69. The highest BCUT2D eigenvalue weighted by molar-refractivity contribution is 7.15. The summed E-state index contributed by atoms with van der Waals surface area (Å²) in [6, 6.07) is 7.92. The number of hydrogen-bond donors (Lipinski definition) is 1. The molecule has 0 radical (unpaired) electrons. The van der Waals surface area contributed by atoms with E-state index in [1.807, 2.05) is 24.3 Å². The van der Waals surface area contributed by atoms with Crippen molar-refractivity contribution in [2.75, 3.05) is 6.54 Å². The first-order valence-electron chi connectivity index (χ1n) is 7.39. The summed E-state index contributed by atoms with van der Waals surface area (Å²) in [5.74, 6) is 0. The summed E-state index contributed by atoms with van der Waals surface area (Å²) < 4.78 is 0. The first kappa shape index (κ1) is 16.5. The van der Waals surface area contributed by atoms with Crippen LogP contribution in [0, 0.1) is 0 Å². The van der Waals surface area contributed by atoms with Gasteiger partial charge in [0.15, 0.2) is 0 Å². The molecule has 0 aliphatic heterocycles. The molecule has 0 unspecified atom stereocenters. The molecular formula is C17H23ClN2S. The normalized spacial score (nSPS) is 11.9. The molecule has 2 rings (SSSR count). The zero-order chi connectivity index (χ0) is 15.5. The van der Waals surface area contributed by atoms with Gasteiger partial charge in [-0.15, -0.1) is 11.3 Å². The predicted octanol–water partition coefficient (Wildman–Crippen LogP) is 5.26. The molecular weight excluding hydrogens is 300 g/mol. The first-order chi connectivity index (χ1) is 9.93. The van der Waals surface area contributed by atoms with E-state index in [2.05, 4.69) is 33.0 Å². The molecule has 0 aliphatic carbocycles. The van der Waals surface area contributed by atoms with Gasteiger partial charge in [0.05, 0.1) is 10.7 Å². The number of nitrogens with one attached hydrogen (secondary N) is 1. The summed E-state index contributed by atoms with van der Waals surface area (Å²) in [4.78, 5) is 6.20. The summed E-state index contributed by atoms with van der Waals surface area (Å²) in [6.45, 7) is 10.7. The second kappa shape index (κ2) is 6.91. The number of aromatic nitrogens is 1. The van der Waals surface area contributed by atoms with Gasteiger partial charge in [0.25, 0.3) is 0 Å². The molecule has 0 bridgehead atoms. The number of thiazole rings is 1. The van der Waals surface area contributed by atoms with E-state index in [0.717, 1.165) is 35.1 Å². The molecule has 0 aliphatic rings. The van der Waals surface area contributed by atoms with Crippen LogP contribution >= 0.6 is 22.9 Å². The van der Waals surface area contributed by atoms with Crippen LogP contribution in [0.15, 0.2) is 24.3 Å². The predicted molar refractivity (Wildman–Crippen MR) is 93.3 cm³/mol. The van der Waals surface area contributed by atoms with Crippen LogP contribution in [0.25, 0.3) is 10.6 Å². The van der Waals surface area contributed by atoms with Crippen molar-refractivity contribution >= 4 is 22.9 Å². The molecule has 0 atom stereocenters. The van der Waals surface area contributed by atoms with Crippen molar-refractivity contribution in [2.45, 2.75) is 46.1 Å². The Morgan fingerprint density at radius 1 is 1.24 bits per heavy atom. The number of hydrogen-bond acceptors (Lipinski definition) is 3. The Hall–Kier alpha value is -0.900. The lowest BCUT2D eigenvalue weighted by atomic mass is 9.91. The van der Waals surface area contributed by atoms with Gasteiger partial charge < -0.3 is 5.32 Å². The molecule has 21 heavy (non-hydrogen) atoms. The molecule has 0 amide bonds. The van der Waals surface area contributed by atoms with Crippen molar-refractivity contribution in [3.05, 3.63) is 39.9 Å². The smallest absolute Gasteiger partial charge is 0.125 e. The van der Waals surface area contributed by atoms with Crippen molar-refractivity contribution in [3.63, 3.8) is 0 Å². The Morgan fingerprint density at radius 3 is 2.57 bits per heavy atom. The highest BCUT2D eigenvalue weighted by Gasteiger charge is 2.23. The van der Waals surface area contributed by atoms with Gasteiger partial charge in [0.1, 0.15) is 5.01 Å². The van der Waals surface area contributed by atoms with Crippen LogP contribution in [-0.2, 0) is 12.0 Å². The summed E-state index contributed by atoms with van der Waals surface area (Å²) in [7, 11) is 0. The van der Waals surface area contributed by atoms with Gasteiger partial charge in [-0.05, 0) is 19.0 Å². The van der Waals surface area contributed by atoms with Gasteiger partial charge in [-0.2, -0.15) is 0 Å². The van der Waals surface area contributed by atoms with Crippen LogP contribution in [0.1, 0.15) is 44.7 Å². The lowest BCUT2D eigenvalue weighted by molar-refractivity contribution is 0.559. The molecule has 1 aromatic carbocycles. The molecule has 0 fully saturated rings. The molecule has 0 saturated heterocycles. The highest BCUT2D eigenvalue weighted by atomic mass is 35.5. The van der Waals surface area contributed by atoms with Crippen LogP contribution in [0.3, 0.4) is 0 Å². The van der Waals surface area contributed by atoms with Gasteiger partial charge in [-0.1, -0.05) is 57.5 Å². The minimum Gasteiger partial charge on any atom is -0.312 e. The Bertz CT molecular complexity index is 599. The van der Waals surface area contributed by atoms with E-state index in [1.165, 1.54) is 10.6 Å². The van der Waals surface area contributed by atoms with Crippen LogP contribution in [0.4, 0.5) is 0 Å². The average Bonchev–Trinajstić information content (AvgIpc) is 2.83. The quantitative estimate of drug-likeness (QED) is 0.759. The Balaban J connectivity index is 2.38. The lowest BCUT2D eigenvalue weighted by Crippen LogP contribution is -2.19. The van der Waals surface area contributed by atoms with E-state index in [4.69, 9.17) is 16.6 Å². The van der Waals surface area contributed by atoms with Crippen molar-refractivity contribution in [3.8, 4) is 10.6 Å². The Labute approximate surface area is 136 Å². The van der Waals surface area contributed by atoms with E-state index < -0.39 is 0 Å². The third-order valence-corrected chi connectivity index (χ3v) is 4.64. The monoisotopic (exact) mass is 322 g/mol. The number of nitrogens with zero attached hydrogens (tertiary/aromatic N) is 1. The lowest BCUT2D eigenvalue weighted by Gasteiger charge is -2.17. The molecule has 0 saturated carbocycles. The topological polar surface area (TPSA) is 24.9 Å². The summed E-state index contributed by atoms with van der Waals surface area (Å²) in [6.07, 6.45) is 1.14. The van der Waals surface area contributed by atoms with Crippen LogP contribution in [0.2, 0.25) is 5.02 Å². The van der Waals surface area contributed by atoms with Crippen molar-refractivity contribution in [1.82, 2.24) is 10.3 Å². The maximum absolute atomic E-state index is 6.31. The molecule has 2 aromatic rings. The van der Waals surface area contributed by atoms with Crippen LogP contribution in [-0.4, -0.2) is 11.5 Å². The van der Waals surface area contributed by atoms with Crippen molar-refractivity contribution in [2.24, 2.45) is 0 Å². The van der Waals surface area contributed by atoms with E-state index in [-0.39, 0.29) is 5.41 Å². The van der Waals surface area contributed by atoms with Crippen molar-refractivity contribution in [1.29, 1.82) is 0 Å². The summed E-state index contributed by atoms with van der Waals surface area (Å²) >= 11 is 8.06.